The van der Waals surface area contributed by atoms with Gasteiger partial charge in [-0.15, -0.1) is 0 Å². The van der Waals surface area contributed by atoms with Crippen molar-refractivity contribution in [3.8, 4) is 11.1 Å². The molecular weight excluding hydrogens is 437 g/mol. The number of piperidine rings is 2. The Labute approximate surface area is 211 Å². The third-order valence-corrected chi connectivity index (χ3v) is 7.51. The van der Waals surface area contributed by atoms with E-state index in [4.69, 9.17) is 0 Å². The van der Waals surface area contributed by atoms with Gasteiger partial charge in [-0.3, -0.25) is 4.79 Å². The highest BCUT2D eigenvalue weighted by Gasteiger charge is 2.26. The summed E-state index contributed by atoms with van der Waals surface area (Å²) in [4.78, 5) is 19.5. The largest absolute Gasteiger partial charge is 0.372 e. The summed E-state index contributed by atoms with van der Waals surface area (Å²) < 4.78 is 14.0. The van der Waals surface area contributed by atoms with Crippen molar-refractivity contribution < 1.29 is 9.18 Å². The molecule has 5 heteroatoms. The van der Waals surface area contributed by atoms with Crippen molar-refractivity contribution in [3.05, 3.63) is 54.1 Å². The molecule has 2 saturated heterocycles. The minimum atomic E-state index is -1.12. The molecule has 4 rings (SSSR count). The van der Waals surface area contributed by atoms with Crippen LogP contribution in [0.3, 0.4) is 0 Å². The van der Waals surface area contributed by atoms with E-state index in [0.717, 1.165) is 76.1 Å². The molecule has 2 aromatic rings. The number of likely N-dealkylation sites (tertiary alicyclic amines) is 2. The summed E-state index contributed by atoms with van der Waals surface area (Å²) in [6, 6.07) is 16.9. The number of halogens is 1. The molecule has 35 heavy (non-hydrogen) atoms. The maximum absolute atomic E-state index is 14.0. The Morgan fingerprint density at radius 2 is 1.49 bits per heavy atom. The van der Waals surface area contributed by atoms with Crippen LogP contribution in [0.15, 0.2) is 48.5 Å². The summed E-state index contributed by atoms with van der Waals surface area (Å²) in [6.45, 7) is 11.9. The fraction of sp³-hybridized carbons (Fsp3) is 0.567. The molecule has 190 valence electrons. The molecule has 0 spiro atoms. The fourth-order valence-electron chi connectivity index (χ4n) is 5.54. The van der Waals surface area contributed by atoms with Crippen LogP contribution in [0, 0.1) is 5.92 Å². The van der Waals surface area contributed by atoms with Crippen LogP contribution in [-0.2, 0) is 0 Å². The first kappa shape index (κ1) is 25.7. The molecule has 2 aromatic carbocycles. The maximum Gasteiger partial charge on any atom is 0.253 e. The summed E-state index contributed by atoms with van der Waals surface area (Å²) in [5.74, 6) is 0.808. The third-order valence-electron chi connectivity index (χ3n) is 7.51. The van der Waals surface area contributed by atoms with Crippen molar-refractivity contribution in [2.45, 2.75) is 58.5 Å². The summed E-state index contributed by atoms with van der Waals surface area (Å²) in [6.07, 6.45) is 5.72. The van der Waals surface area contributed by atoms with Gasteiger partial charge in [-0.1, -0.05) is 24.3 Å². The molecule has 0 aromatic heterocycles. The number of benzene rings is 2. The van der Waals surface area contributed by atoms with E-state index in [1.807, 2.05) is 17.0 Å². The van der Waals surface area contributed by atoms with E-state index >= 15 is 0 Å². The number of nitrogens with zero attached hydrogens (tertiary/aromatic N) is 3. The Hall–Kier alpha value is -2.40. The smallest absolute Gasteiger partial charge is 0.253 e. The van der Waals surface area contributed by atoms with Gasteiger partial charge in [-0.05, 0) is 107 Å². The van der Waals surface area contributed by atoms with Crippen LogP contribution in [0.1, 0.15) is 63.2 Å². The maximum atomic E-state index is 14.0. The Morgan fingerprint density at radius 3 is 2.03 bits per heavy atom. The van der Waals surface area contributed by atoms with Gasteiger partial charge >= 0.3 is 0 Å². The first-order chi connectivity index (χ1) is 16.8. The minimum absolute atomic E-state index is 0.157. The zero-order valence-electron chi connectivity index (χ0n) is 21.8. The fourth-order valence-corrected chi connectivity index (χ4v) is 5.54. The molecule has 0 unspecified atom stereocenters. The van der Waals surface area contributed by atoms with Crippen molar-refractivity contribution in [2.24, 2.45) is 5.92 Å². The predicted octanol–water partition coefficient (Wildman–Crippen LogP) is 6.27. The number of hydrogen-bond acceptors (Lipinski definition) is 3. The highest BCUT2D eigenvalue weighted by Crippen LogP contribution is 2.27. The zero-order chi connectivity index (χ0) is 24.8. The second kappa shape index (κ2) is 11.6. The van der Waals surface area contributed by atoms with Crippen molar-refractivity contribution in [2.75, 3.05) is 50.7 Å². The standard InChI is InChI=1S/C30H42FN3O/c1-4-33(22-24-16-20-32(21-17-24)23-30(2,3)31)28-14-12-26(13-15-28)25-8-10-27(11-9-25)29(35)34-18-6-5-7-19-34/h8-15,24H,4-7,16-23H2,1-3H3. The van der Waals surface area contributed by atoms with Gasteiger partial charge in [0.15, 0.2) is 0 Å². The highest BCUT2D eigenvalue weighted by molar-refractivity contribution is 5.94. The van der Waals surface area contributed by atoms with Gasteiger partial charge in [-0.25, -0.2) is 4.39 Å². The number of amides is 1. The second-order valence-electron chi connectivity index (χ2n) is 11.0. The Kier molecular flexibility index (Phi) is 8.48. The average molecular weight is 480 g/mol. The number of carbonyl (C=O) groups is 1. The molecule has 0 bridgehead atoms. The Bertz CT molecular complexity index is 937. The van der Waals surface area contributed by atoms with Gasteiger partial charge in [0, 0.05) is 44.0 Å². The molecular formula is C30H42FN3O. The van der Waals surface area contributed by atoms with Gasteiger partial charge in [0.1, 0.15) is 5.67 Å². The summed E-state index contributed by atoms with van der Waals surface area (Å²) in [5, 5.41) is 0. The Balaban J connectivity index is 1.33. The average Bonchev–Trinajstić information content (AvgIpc) is 2.88. The number of alkyl halides is 1. The number of rotatable bonds is 8. The molecule has 0 N–H and O–H groups in total. The lowest BCUT2D eigenvalue weighted by Gasteiger charge is -2.37. The van der Waals surface area contributed by atoms with Crippen molar-refractivity contribution in [1.82, 2.24) is 9.80 Å². The van der Waals surface area contributed by atoms with E-state index in [1.54, 1.807) is 13.8 Å². The van der Waals surface area contributed by atoms with Crippen LogP contribution in [0.5, 0.6) is 0 Å². The number of carbonyl (C=O) groups excluding carboxylic acids is 1. The van der Waals surface area contributed by atoms with Crippen LogP contribution in [0.25, 0.3) is 11.1 Å². The van der Waals surface area contributed by atoms with Gasteiger partial charge in [0.2, 0.25) is 0 Å². The molecule has 0 saturated carbocycles. The van der Waals surface area contributed by atoms with Crippen LogP contribution < -0.4 is 4.90 Å². The lowest BCUT2D eigenvalue weighted by Crippen LogP contribution is -2.43. The van der Waals surface area contributed by atoms with Gasteiger partial charge in [0.25, 0.3) is 5.91 Å². The van der Waals surface area contributed by atoms with Gasteiger partial charge < -0.3 is 14.7 Å². The van der Waals surface area contributed by atoms with Crippen molar-refractivity contribution in [3.63, 3.8) is 0 Å². The molecule has 0 radical (unpaired) electrons. The zero-order valence-corrected chi connectivity index (χ0v) is 21.8. The normalized spacial score (nSPS) is 18.0. The summed E-state index contributed by atoms with van der Waals surface area (Å²) >= 11 is 0. The minimum Gasteiger partial charge on any atom is -0.372 e. The molecule has 2 fully saturated rings. The first-order valence-electron chi connectivity index (χ1n) is 13.5. The second-order valence-corrected chi connectivity index (χ2v) is 11.0. The van der Waals surface area contributed by atoms with Gasteiger partial charge in [0.05, 0.1) is 0 Å². The highest BCUT2D eigenvalue weighted by atomic mass is 19.1. The molecule has 0 aliphatic carbocycles. The monoisotopic (exact) mass is 479 g/mol. The topological polar surface area (TPSA) is 26.8 Å². The number of anilines is 1. The van der Waals surface area contributed by atoms with Crippen molar-refractivity contribution in [1.29, 1.82) is 0 Å². The lowest BCUT2D eigenvalue weighted by molar-refractivity contribution is 0.0724. The van der Waals surface area contributed by atoms with E-state index in [2.05, 4.69) is 53.1 Å². The van der Waals surface area contributed by atoms with Crippen LogP contribution >= 0.6 is 0 Å². The van der Waals surface area contributed by atoms with Crippen LogP contribution in [0.4, 0.5) is 10.1 Å². The van der Waals surface area contributed by atoms with Crippen LogP contribution in [-0.4, -0.2) is 67.2 Å². The van der Waals surface area contributed by atoms with E-state index in [-0.39, 0.29) is 5.91 Å². The summed E-state index contributed by atoms with van der Waals surface area (Å²) in [5.41, 5.74) is 3.22. The molecule has 4 nitrogen and oxygen atoms in total. The lowest BCUT2D eigenvalue weighted by atomic mass is 9.95. The molecule has 2 heterocycles. The van der Waals surface area contributed by atoms with E-state index < -0.39 is 5.67 Å². The SMILES string of the molecule is CCN(CC1CCN(CC(C)(C)F)CC1)c1ccc(-c2ccc(C(=O)N3CCCCC3)cc2)cc1. The molecule has 2 aliphatic heterocycles. The van der Waals surface area contributed by atoms with Gasteiger partial charge in [-0.2, -0.15) is 0 Å². The Morgan fingerprint density at radius 1 is 0.914 bits per heavy atom. The summed E-state index contributed by atoms with van der Waals surface area (Å²) in [7, 11) is 0. The van der Waals surface area contributed by atoms with Crippen LogP contribution in [0.2, 0.25) is 0 Å². The predicted molar refractivity (Wildman–Crippen MR) is 144 cm³/mol. The third kappa shape index (κ3) is 7.07. The van der Waals surface area contributed by atoms with Crippen molar-refractivity contribution >= 4 is 11.6 Å². The molecule has 0 atom stereocenters. The van der Waals surface area contributed by atoms with E-state index in [1.165, 1.54) is 17.7 Å². The number of hydrogen-bond donors (Lipinski definition) is 0. The quantitative estimate of drug-likeness (QED) is 0.447. The first-order valence-corrected chi connectivity index (χ1v) is 13.5. The van der Waals surface area contributed by atoms with E-state index in [9.17, 15) is 9.18 Å². The molecule has 1 amide bonds. The molecule has 2 aliphatic rings. The van der Waals surface area contributed by atoms with E-state index in [0.29, 0.717) is 12.5 Å².